The highest BCUT2D eigenvalue weighted by atomic mass is 19.4. The smallest absolute Gasteiger partial charge is 0.345 e. The molecule has 3 rings (SSSR count). The Kier molecular flexibility index (Phi) is 6.47. The van der Waals surface area contributed by atoms with E-state index in [0.717, 1.165) is 50.4 Å². The van der Waals surface area contributed by atoms with E-state index in [1.165, 1.54) is 12.1 Å². The van der Waals surface area contributed by atoms with Crippen molar-refractivity contribution in [2.75, 3.05) is 6.54 Å². The summed E-state index contributed by atoms with van der Waals surface area (Å²) >= 11 is 0. The van der Waals surface area contributed by atoms with Gasteiger partial charge in [0.25, 0.3) is 0 Å². The molecule has 2 aromatic rings. The molecule has 0 saturated heterocycles. The minimum absolute atomic E-state index is 0.161. The van der Waals surface area contributed by atoms with Crippen LogP contribution in [0.15, 0.2) is 42.6 Å². The predicted octanol–water partition coefficient (Wildman–Crippen LogP) is 5.48. The van der Waals surface area contributed by atoms with Crippen molar-refractivity contribution in [1.82, 2.24) is 9.47 Å². The van der Waals surface area contributed by atoms with Crippen molar-refractivity contribution < 1.29 is 18.0 Å². The molecule has 0 bridgehead atoms. The van der Waals surface area contributed by atoms with E-state index >= 15 is 0 Å². The second-order valence-electron chi connectivity index (χ2n) is 7.57. The van der Waals surface area contributed by atoms with Gasteiger partial charge in [0.05, 0.1) is 12.1 Å². The first-order chi connectivity index (χ1) is 13.4. The van der Waals surface area contributed by atoms with Crippen LogP contribution in [-0.2, 0) is 24.1 Å². The Bertz CT molecular complexity index is 793. The van der Waals surface area contributed by atoms with E-state index in [4.69, 9.17) is 0 Å². The number of carbonyl (C=O) groups excluding carboxylic acids is 1. The van der Waals surface area contributed by atoms with Gasteiger partial charge >= 0.3 is 6.18 Å². The Labute approximate surface area is 164 Å². The first-order valence-electron chi connectivity index (χ1n) is 9.97. The zero-order valence-corrected chi connectivity index (χ0v) is 16.2. The third-order valence-electron chi connectivity index (χ3n) is 5.15. The molecular weight excluding hydrogens is 365 g/mol. The zero-order chi connectivity index (χ0) is 20.1. The molecule has 6 heteroatoms. The lowest BCUT2D eigenvalue weighted by atomic mass is 10.1. The fourth-order valence-electron chi connectivity index (χ4n) is 3.39. The number of benzene rings is 1. The maximum atomic E-state index is 13.0. The lowest BCUT2D eigenvalue weighted by Gasteiger charge is -2.24. The number of unbranched alkanes of at least 4 members (excludes halogenated alkanes) is 2. The number of halogens is 3. The van der Waals surface area contributed by atoms with Crippen LogP contribution in [0.2, 0.25) is 0 Å². The van der Waals surface area contributed by atoms with Gasteiger partial charge in [-0.1, -0.05) is 31.9 Å². The first kappa shape index (κ1) is 20.5. The molecule has 1 aliphatic rings. The van der Waals surface area contributed by atoms with Crippen LogP contribution in [0.25, 0.3) is 0 Å². The fourth-order valence-corrected chi connectivity index (χ4v) is 3.39. The van der Waals surface area contributed by atoms with Gasteiger partial charge in [0.2, 0.25) is 5.91 Å². The largest absolute Gasteiger partial charge is 0.416 e. The fraction of sp³-hybridized carbons (Fsp3) is 0.500. The van der Waals surface area contributed by atoms with Crippen LogP contribution in [0.3, 0.4) is 0 Å². The van der Waals surface area contributed by atoms with Gasteiger partial charge in [-0.3, -0.25) is 4.79 Å². The van der Waals surface area contributed by atoms with Crippen LogP contribution in [0.5, 0.6) is 0 Å². The molecule has 1 aromatic carbocycles. The van der Waals surface area contributed by atoms with Gasteiger partial charge in [-0.25, -0.2) is 0 Å². The van der Waals surface area contributed by atoms with Crippen LogP contribution in [-0.4, -0.2) is 21.9 Å². The van der Waals surface area contributed by atoms with Crippen LogP contribution < -0.4 is 0 Å². The lowest BCUT2D eigenvalue weighted by molar-refractivity contribution is -0.137. The molecule has 0 N–H and O–H groups in total. The van der Waals surface area contributed by atoms with E-state index in [2.05, 4.69) is 6.92 Å². The van der Waals surface area contributed by atoms with Crippen LogP contribution in [0, 0.1) is 5.92 Å². The second-order valence-corrected chi connectivity index (χ2v) is 7.57. The minimum Gasteiger partial charge on any atom is -0.345 e. The van der Waals surface area contributed by atoms with Gasteiger partial charge < -0.3 is 9.47 Å². The number of carbonyl (C=O) groups is 1. The zero-order valence-electron chi connectivity index (χ0n) is 16.2. The summed E-state index contributed by atoms with van der Waals surface area (Å²) in [5, 5.41) is 0. The summed E-state index contributed by atoms with van der Waals surface area (Å²) in [5.41, 5.74) is 0.907. The molecule has 1 fully saturated rings. The Morgan fingerprint density at radius 1 is 1.18 bits per heavy atom. The van der Waals surface area contributed by atoms with Crippen molar-refractivity contribution in [3.05, 3.63) is 59.4 Å². The summed E-state index contributed by atoms with van der Waals surface area (Å²) in [4.78, 5) is 14.6. The average Bonchev–Trinajstić information content (AvgIpc) is 3.42. The second kappa shape index (κ2) is 8.84. The highest BCUT2D eigenvalue weighted by Crippen LogP contribution is 2.32. The summed E-state index contributed by atoms with van der Waals surface area (Å²) in [7, 11) is 0. The van der Waals surface area contributed by atoms with E-state index in [1.54, 1.807) is 6.07 Å². The molecule has 28 heavy (non-hydrogen) atoms. The predicted molar refractivity (Wildman–Crippen MR) is 103 cm³/mol. The van der Waals surface area contributed by atoms with Crippen LogP contribution in [0.4, 0.5) is 13.2 Å². The van der Waals surface area contributed by atoms with E-state index in [1.807, 2.05) is 27.8 Å². The number of nitrogens with zero attached hydrogens (tertiary/aromatic N) is 2. The third-order valence-corrected chi connectivity index (χ3v) is 5.15. The Morgan fingerprint density at radius 2 is 1.96 bits per heavy atom. The van der Waals surface area contributed by atoms with Crippen LogP contribution in [0.1, 0.15) is 55.8 Å². The van der Waals surface area contributed by atoms with E-state index in [9.17, 15) is 18.0 Å². The molecule has 152 valence electrons. The van der Waals surface area contributed by atoms with Gasteiger partial charge in [-0.2, -0.15) is 13.2 Å². The van der Waals surface area contributed by atoms with E-state index in [-0.39, 0.29) is 11.8 Å². The van der Waals surface area contributed by atoms with Crippen molar-refractivity contribution in [3.63, 3.8) is 0 Å². The van der Waals surface area contributed by atoms with Crippen LogP contribution >= 0.6 is 0 Å². The van der Waals surface area contributed by atoms with E-state index in [0.29, 0.717) is 18.7 Å². The van der Waals surface area contributed by atoms with Gasteiger partial charge in [-0.05, 0) is 49.1 Å². The topological polar surface area (TPSA) is 25.2 Å². The molecule has 0 atom stereocenters. The summed E-state index contributed by atoms with van der Waals surface area (Å²) in [6.45, 7) is 3.73. The van der Waals surface area contributed by atoms with Gasteiger partial charge in [0.15, 0.2) is 0 Å². The average molecular weight is 392 g/mol. The summed E-state index contributed by atoms with van der Waals surface area (Å²) in [6.07, 6.45) is 2.60. The third kappa shape index (κ3) is 5.40. The molecule has 0 radical (unpaired) electrons. The maximum absolute atomic E-state index is 13.0. The van der Waals surface area contributed by atoms with Crippen molar-refractivity contribution in [2.45, 2.75) is 58.3 Å². The molecule has 1 saturated carbocycles. The maximum Gasteiger partial charge on any atom is 0.416 e. The molecule has 0 spiro atoms. The van der Waals surface area contributed by atoms with E-state index < -0.39 is 11.7 Å². The SMILES string of the molecule is CCCCCN(Cc1cccn1Cc1cccc(C(F)(F)F)c1)C(=O)C1CC1. The normalized spacial score (nSPS) is 14.3. The number of amides is 1. The molecule has 0 unspecified atom stereocenters. The van der Waals surface area contributed by atoms with Gasteiger partial charge in [0.1, 0.15) is 0 Å². The highest BCUT2D eigenvalue weighted by molar-refractivity contribution is 5.81. The summed E-state index contributed by atoms with van der Waals surface area (Å²) in [5.74, 6) is 0.372. The standard InChI is InChI=1S/C22H27F3N2O/c1-2-3-4-12-27(21(28)18-10-11-18)16-20-9-6-13-26(20)15-17-7-5-8-19(14-17)22(23,24)25/h5-9,13-14,18H,2-4,10-12,15-16H2,1H3. The molecular formula is C22H27F3N2O. The number of aromatic nitrogens is 1. The molecule has 0 aliphatic heterocycles. The summed E-state index contributed by atoms with van der Waals surface area (Å²) in [6, 6.07) is 9.25. The molecule has 1 heterocycles. The first-order valence-corrected chi connectivity index (χ1v) is 9.97. The number of alkyl halides is 3. The van der Waals surface area contributed by atoms with Crippen molar-refractivity contribution in [3.8, 4) is 0 Å². The highest BCUT2D eigenvalue weighted by Gasteiger charge is 2.33. The minimum atomic E-state index is -4.34. The van der Waals surface area contributed by atoms with Crippen molar-refractivity contribution in [2.24, 2.45) is 5.92 Å². The molecule has 1 aliphatic carbocycles. The Morgan fingerprint density at radius 3 is 2.64 bits per heavy atom. The number of hydrogen-bond acceptors (Lipinski definition) is 1. The van der Waals surface area contributed by atoms with Crippen molar-refractivity contribution in [1.29, 1.82) is 0 Å². The van der Waals surface area contributed by atoms with Gasteiger partial charge in [-0.15, -0.1) is 0 Å². The molecule has 1 amide bonds. The number of rotatable bonds is 9. The Balaban J connectivity index is 1.72. The lowest BCUT2D eigenvalue weighted by Crippen LogP contribution is -2.33. The van der Waals surface area contributed by atoms with Gasteiger partial charge in [0, 0.05) is 30.9 Å². The van der Waals surface area contributed by atoms with Crippen molar-refractivity contribution >= 4 is 5.91 Å². The Hall–Kier alpha value is -2.24. The summed E-state index contributed by atoms with van der Waals surface area (Å²) < 4.78 is 40.8. The number of hydrogen-bond donors (Lipinski definition) is 0. The molecule has 3 nitrogen and oxygen atoms in total. The monoisotopic (exact) mass is 392 g/mol. The molecule has 1 aromatic heterocycles. The quantitative estimate of drug-likeness (QED) is 0.519.